The highest BCUT2D eigenvalue weighted by molar-refractivity contribution is 5.97. The van der Waals surface area contributed by atoms with Crippen LogP contribution in [0.15, 0.2) is 30.3 Å². The first-order valence-corrected chi connectivity index (χ1v) is 10.00. The summed E-state index contributed by atoms with van der Waals surface area (Å²) in [5.41, 5.74) is 0.784. The van der Waals surface area contributed by atoms with Crippen LogP contribution in [0.5, 0.6) is 0 Å². The molecule has 4 rings (SSSR count). The summed E-state index contributed by atoms with van der Waals surface area (Å²) < 4.78 is 11.8. The maximum atomic E-state index is 12.7. The first-order valence-electron chi connectivity index (χ1n) is 10.00. The molecule has 3 fully saturated rings. The van der Waals surface area contributed by atoms with E-state index in [4.69, 9.17) is 9.47 Å². The highest BCUT2D eigenvalue weighted by Crippen LogP contribution is 2.35. The molecule has 142 valence electrons. The van der Waals surface area contributed by atoms with E-state index >= 15 is 0 Å². The molecule has 0 aliphatic carbocycles. The van der Waals surface area contributed by atoms with E-state index in [9.17, 15) is 4.79 Å². The van der Waals surface area contributed by atoms with Gasteiger partial charge in [-0.2, -0.15) is 0 Å². The maximum Gasteiger partial charge on any atom is 0.255 e. The van der Waals surface area contributed by atoms with Crippen molar-refractivity contribution in [2.24, 2.45) is 5.92 Å². The lowest BCUT2D eigenvalue weighted by Crippen LogP contribution is -2.61. The van der Waals surface area contributed by atoms with Gasteiger partial charge in [-0.1, -0.05) is 18.2 Å². The summed E-state index contributed by atoms with van der Waals surface area (Å²) in [6.45, 7) is 7.69. The number of morpholine rings is 1. The number of hydrogen-bond donors (Lipinski definition) is 0. The van der Waals surface area contributed by atoms with Gasteiger partial charge < -0.3 is 19.3 Å². The van der Waals surface area contributed by atoms with Gasteiger partial charge in [0.1, 0.15) is 6.10 Å². The smallest absolute Gasteiger partial charge is 0.255 e. The Balaban J connectivity index is 1.40. The van der Waals surface area contributed by atoms with Gasteiger partial charge in [0.25, 0.3) is 5.91 Å². The second-order valence-electron chi connectivity index (χ2n) is 8.06. The molecule has 3 aliphatic rings. The second kappa shape index (κ2) is 7.67. The summed E-state index contributed by atoms with van der Waals surface area (Å²) in [7, 11) is 0. The third-order valence-corrected chi connectivity index (χ3v) is 6.18. The van der Waals surface area contributed by atoms with Crippen LogP contribution >= 0.6 is 0 Å². The zero-order valence-corrected chi connectivity index (χ0v) is 15.7. The number of carbonyl (C=O) groups is 1. The summed E-state index contributed by atoms with van der Waals surface area (Å²) in [5.74, 6) is 0.845. The molecule has 1 unspecified atom stereocenters. The van der Waals surface area contributed by atoms with E-state index < -0.39 is 0 Å². The Morgan fingerprint density at radius 2 is 1.81 bits per heavy atom. The Bertz CT molecular complexity index is 607. The number of anilines is 1. The van der Waals surface area contributed by atoms with Crippen molar-refractivity contribution in [2.45, 2.75) is 44.3 Å². The topological polar surface area (TPSA) is 42.0 Å². The average Bonchev–Trinajstić information content (AvgIpc) is 2.68. The molecule has 0 bridgehead atoms. The fourth-order valence-electron chi connectivity index (χ4n) is 4.59. The zero-order chi connectivity index (χ0) is 18.0. The number of hydrogen-bond acceptors (Lipinski definition) is 4. The van der Waals surface area contributed by atoms with E-state index in [2.05, 4.69) is 4.90 Å². The number of likely N-dealkylation sites (tertiary alicyclic amines) is 1. The Morgan fingerprint density at radius 1 is 1.12 bits per heavy atom. The van der Waals surface area contributed by atoms with Crippen LogP contribution in [0.4, 0.5) is 5.69 Å². The summed E-state index contributed by atoms with van der Waals surface area (Å²) in [5, 5.41) is 0. The summed E-state index contributed by atoms with van der Waals surface area (Å²) in [4.78, 5) is 17.2. The Morgan fingerprint density at radius 3 is 2.50 bits per heavy atom. The molecule has 0 radical (unpaired) electrons. The van der Waals surface area contributed by atoms with Gasteiger partial charge in [-0.05, 0) is 50.7 Å². The SMILES string of the molecule is CC1OC2(CCN(CC3CCOCC3)CC2)CN(c2ccccc2)C1=O. The van der Waals surface area contributed by atoms with Gasteiger partial charge in [-0.3, -0.25) is 4.79 Å². The molecule has 5 nitrogen and oxygen atoms in total. The monoisotopic (exact) mass is 358 g/mol. The molecule has 1 aromatic rings. The Labute approximate surface area is 156 Å². The molecule has 3 heterocycles. The van der Waals surface area contributed by atoms with Gasteiger partial charge in [0, 0.05) is 38.5 Å². The number of para-hydroxylation sites is 1. The minimum atomic E-state index is -0.369. The van der Waals surface area contributed by atoms with E-state index in [-0.39, 0.29) is 17.6 Å². The van der Waals surface area contributed by atoms with Gasteiger partial charge in [0.2, 0.25) is 0 Å². The summed E-state index contributed by atoms with van der Waals surface area (Å²) in [6.07, 6.45) is 4.00. The fourth-order valence-corrected chi connectivity index (χ4v) is 4.59. The molecule has 3 saturated heterocycles. The van der Waals surface area contributed by atoms with E-state index in [0.717, 1.165) is 50.8 Å². The molecule has 0 N–H and O–H groups in total. The van der Waals surface area contributed by atoms with E-state index in [0.29, 0.717) is 6.54 Å². The molecule has 0 saturated carbocycles. The minimum Gasteiger partial charge on any atom is -0.381 e. The van der Waals surface area contributed by atoms with Crippen LogP contribution in [0.2, 0.25) is 0 Å². The molecule has 1 aromatic carbocycles. The van der Waals surface area contributed by atoms with Crippen LogP contribution in [-0.4, -0.2) is 61.9 Å². The lowest BCUT2D eigenvalue weighted by molar-refractivity contribution is -0.161. The molecule has 3 aliphatic heterocycles. The maximum absolute atomic E-state index is 12.7. The van der Waals surface area contributed by atoms with Crippen LogP contribution in [0, 0.1) is 5.92 Å². The predicted molar refractivity (Wildman–Crippen MR) is 101 cm³/mol. The first kappa shape index (κ1) is 18.0. The fraction of sp³-hybridized carbons (Fsp3) is 0.667. The predicted octanol–water partition coefficient (Wildman–Crippen LogP) is 2.70. The summed E-state index contributed by atoms with van der Waals surface area (Å²) >= 11 is 0. The van der Waals surface area contributed by atoms with E-state index in [1.54, 1.807) is 0 Å². The standard InChI is InChI=1S/C21H30N2O3/c1-17-20(24)23(19-5-3-2-4-6-19)16-21(26-17)9-11-22(12-10-21)15-18-7-13-25-14-8-18/h2-6,17-18H,7-16H2,1H3. The lowest BCUT2D eigenvalue weighted by Gasteiger charge is -2.49. The van der Waals surface area contributed by atoms with E-state index in [1.807, 2.05) is 42.2 Å². The van der Waals surface area contributed by atoms with Crippen molar-refractivity contribution in [1.29, 1.82) is 0 Å². The molecule has 26 heavy (non-hydrogen) atoms. The number of ether oxygens (including phenoxy) is 2. The third-order valence-electron chi connectivity index (χ3n) is 6.18. The first-order chi connectivity index (χ1) is 12.7. The lowest BCUT2D eigenvalue weighted by atomic mass is 9.87. The van der Waals surface area contributed by atoms with Gasteiger partial charge in [0.15, 0.2) is 0 Å². The van der Waals surface area contributed by atoms with Crippen molar-refractivity contribution in [3.05, 3.63) is 30.3 Å². The van der Waals surface area contributed by atoms with Crippen LogP contribution in [-0.2, 0) is 14.3 Å². The van der Waals surface area contributed by atoms with Crippen molar-refractivity contribution >= 4 is 11.6 Å². The number of carbonyl (C=O) groups excluding carboxylic acids is 1. The van der Waals surface area contributed by atoms with E-state index in [1.165, 1.54) is 19.4 Å². The zero-order valence-electron chi connectivity index (χ0n) is 15.7. The van der Waals surface area contributed by atoms with Crippen LogP contribution in [0.3, 0.4) is 0 Å². The number of rotatable bonds is 3. The number of benzene rings is 1. The molecular weight excluding hydrogens is 328 g/mol. The minimum absolute atomic E-state index is 0.0754. The third kappa shape index (κ3) is 3.80. The number of piperidine rings is 1. The Kier molecular flexibility index (Phi) is 5.30. The van der Waals surface area contributed by atoms with Crippen molar-refractivity contribution in [2.75, 3.05) is 44.3 Å². The molecule has 1 amide bonds. The number of amides is 1. The average molecular weight is 358 g/mol. The van der Waals surface area contributed by atoms with Crippen molar-refractivity contribution in [3.8, 4) is 0 Å². The van der Waals surface area contributed by atoms with Crippen molar-refractivity contribution in [1.82, 2.24) is 4.90 Å². The molecule has 5 heteroatoms. The van der Waals surface area contributed by atoms with Crippen LogP contribution in [0.25, 0.3) is 0 Å². The molecule has 1 atom stereocenters. The Hall–Kier alpha value is -1.43. The van der Waals surface area contributed by atoms with Crippen molar-refractivity contribution in [3.63, 3.8) is 0 Å². The van der Waals surface area contributed by atoms with Crippen LogP contribution in [0.1, 0.15) is 32.6 Å². The largest absolute Gasteiger partial charge is 0.381 e. The highest BCUT2D eigenvalue weighted by atomic mass is 16.5. The molecule has 0 aromatic heterocycles. The molecule has 1 spiro atoms. The number of nitrogens with zero attached hydrogens (tertiary/aromatic N) is 2. The van der Waals surface area contributed by atoms with Gasteiger partial charge in [-0.25, -0.2) is 0 Å². The second-order valence-corrected chi connectivity index (χ2v) is 8.06. The van der Waals surface area contributed by atoms with Crippen molar-refractivity contribution < 1.29 is 14.3 Å². The quantitative estimate of drug-likeness (QED) is 0.833. The van der Waals surface area contributed by atoms with Gasteiger partial charge in [0.05, 0.1) is 12.1 Å². The molecular formula is C21H30N2O3. The van der Waals surface area contributed by atoms with Gasteiger partial charge in [-0.15, -0.1) is 0 Å². The highest BCUT2D eigenvalue weighted by Gasteiger charge is 2.45. The normalized spacial score (nSPS) is 27.8. The summed E-state index contributed by atoms with van der Waals surface area (Å²) in [6, 6.07) is 10.0. The van der Waals surface area contributed by atoms with Gasteiger partial charge >= 0.3 is 0 Å². The van der Waals surface area contributed by atoms with Crippen LogP contribution < -0.4 is 4.90 Å².